The van der Waals surface area contributed by atoms with Gasteiger partial charge in [0, 0.05) is 6.42 Å². The normalized spacial score (nSPS) is 13.6. The summed E-state index contributed by atoms with van der Waals surface area (Å²) in [6, 6.07) is -0.721. The van der Waals surface area contributed by atoms with Gasteiger partial charge in [-0.05, 0) is 83.5 Å². The van der Waals surface area contributed by atoms with Crippen LogP contribution in [0.2, 0.25) is 0 Å². The number of hydrogen-bond acceptors (Lipinski definition) is 5. The van der Waals surface area contributed by atoms with Crippen LogP contribution in [0, 0.1) is 0 Å². The first-order chi connectivity index (χ1) is 32.0. The molecule has 0 saturated carbocycles. The quantitative estimate of drug-likeness (QED) is 0.0321. The molecule has 3 unspecified atom stereocenters. The summed E-state index contributed by atoms with van der Waals surface area (Å²) in [6.45, 7) is 6.36. The highest BCUT2D eigenvalue weighted by Crippen LogP contribution is 2.18. The monoisotopic (exact) mass is 910 g/mol. The molecule has 0 bridgehead atoms. The Morgan fingerprint density at radius 1 is 0.462 bits per heavy atom. The molecular weight excluding hydrogens is 803 g/mol. The molecule has 0 heterocycles. The van der Waals surface area contributed by atoms with Gasteiger partial charge in [0.25, 0.3) is 0 Å². The van der Waals surface area contributed by atoms with Crippen LogP contribution in [0.5, 0.6) is 0 Å². The molecule has 0 rings (SSSR count). The Morgan fingerprint density at radius 3 is 1.32 bits per heavy atom. The van der Waals surface area contributed by atoms with E-state index < -0.39 is 18.2 Å². The molecular formula is C59H107NO5. The van der Waals surface area contributed by atoms with Gasteiger partial charge in [0.1, 0.15) is 6.10 Å². The number of esters is 1. The average molecular weight is 911 g/mol. The minimum atomic E-state index is -0.804. The molecule has 0 aliphatic carbocycles. The third-order valence-electron chi connectivity index (χ3n) is 12.6. The highest BCUT2D eigenvalue weighted by molar-refractivity contribution is 5.77. The molecule has 378 valence electrons. The number of hydrogen-bond donors (Lipinski definition) is 3. The number of carbonyl (C=O) groups excluding carboxylic acids is 2. The zero-order chi connectivity index (χ0) is 47.4. The summed E-state index contributed by atoms with van der Waals surface area (Å²) in [5.74, 6) is -0.528. The number of rotatable bonds is 50. The van der Waals surface area contributed by atoms with Crippen LogP contribution in [-0.2, 0) is 14.3 Å². The summed E-state index contributed by atoms with van der Waals surface area (Å²) in [4.78, 5) is 26.2. The predicted molar refractivity (Wildman–Crippen MR) is 282 cm³/mol. The molecule has 0 aromatic rings. The van der Waals surface area contributed by atoms with Gasteiger partial charge in [-0.15, -0.1) is 0 Å². The second kappa shape index (κ2) is 52.5. The van der Waals surface area contributed by atoms with Gasteiger partial charge in [-0.25, -0.2) is 0 Å². The van der Waals surface area contributed by atoms with Crippen molar-refractivity contribution in [2.75, 3.05) is 6.61 Å². The van der Waals surface area contributed by atoms with Crippen molar-refractivity contribution in [3.05, 3.63) is 60.8 Å². The van der Waals surface area contributed by atoms with Crippen LogP contribution in [0.25, 0.3) is 0 Å². The van der Waals surface area contributed by atoms with E-state index in [0.717, 1.165) is 77.0 Å². The fraction of sp³-hybridized carbons (Fsp3) is 0.797. The number of amides is 1. The van der Waals surface area contributed by atoms with E-state index in [2.05, 4.69) is 86.8 Å². The highest BCUT2D eigenvalue weighted by atomic mass is 16.5. The first-order valence-corrected chi connectivity index (χ1v) is 28.0. The van der Waals surface area contributed by atoms with Crippen molar-refractivity contribution < 1.29 is 24.5 Å². The molecule has 0 spiro atoms. The predicted octanol–water partition coefficient (Wildman–Crippen LogP) is 17.2. The summed E-state index contributed by atoms with van der Waals surface area (Å²) < 4.78 is 5.92. The largest absolute Gasteiger partial charge is 0.462 e. The zero-order valence-corrected chi connectivity index (χ0v) is 43.1. The van der Waals surface area contributed by atoms with Gasteiger partial charge in [-0.2, -0.15) is 0 Å². The number of unbranched alkanes of at least 4 members (excludes halogenated alkanes) is 28. The van der Waals surface area contributed by atoms with E-state index in [1.807, 2.05) is 0 Å². The first-order valence-electron chi connectivity index (χ1n) is 28.0. The molecule has 0 aromatic heterocycles. The molecule has 0 aliphatic rings. The number of carbonyl (C=O) groups is 2. The third kappa shape index (κ3) is 47.8. The Balaban J connectivity index is 4.59. The summed E-state index contributed by atoms with van der Waals surface area (Å²) in [6.07, 6.45) is 65.7. The van der Waals surface area contributed by atoms with Crippen LogP contribution in [-0.4, -0.2) is 46.9 Å². The van der Waals surface area contributed by atoms with E-state index in [0.29, 0.717) is 19.3 Å². The molecule has 3 N–H and O–H groups in total. The van der Waals surface area contributed by atoms with Crippen molar-refractivity contribution in [2.45, 2.75) is 296 Å². The van der Waals surface area contributed by atoms with E-state index in [1.54, 1.807) is 0 Å². The van der Waals surface area contributed by atoms with Crippen LogP contribution in [0.3, 0.4) is 0 Å². The maximum Gasteiger partial charge on any atom is 0.306 e. The second-order valence-electron chi connectivity index (χ2n) is 19.0. The summed E-state index contributed by atoms with van der Waals surface area (Å²) in [7, 11) is 0. The summed E-state index contributed by atoms with van der Waals surface area (Å²) in [5.41, 5.74) is 0. The van der Waals surface area contributed by atoms with Gasteiger partial charge in [-0.3, -0.25) is 9.59 Å². The molecule has 1 amide bonds. The minimum absolute atomic E-state index is 0.0380. The Labute approximate surface area is 403 Å². The standard InChI is InChI=1S/C59H107NO5/c1-4-7-10-13-16-19-22-25-28-29-31-33-36-39-42-45-48-51-57(62)56(54-61)60-58(63)53-55(50-47-44-41-38-35-32-27-24-21-18-15-12-9-6-3)65-59(64)52-49-46-43-40-37-34-30-26-23-20-17-14-11-8-5-2/h9,12,18,20-21,23,27,32,38,41,55-57,61-62H,4-8,10-11,13-17,19,22,24-26,28-31,33-37,39-40,42-54H2,1-3H3,(H,60,63)/b12-9+,21-18+,23-20-,32-27+,41-38+. The smallest absolute Gasteiger partial charge is 0.306 e. The number of aliphatic hydroxyl groups is 2. The van der Waals surface area contributed by atoms with Gasteiger partial charge in [0.2, 0.25) is 5.91 Å². The van der Waals surface area contributed by atoms with E-state index in [9.17, 15) is 19.8 Å². The van der Waals surface area contributed by atoms with Crippen molar-refractivity contribution in [3.8, 4) is 0 Å². The highest BCUT2D eigenvalue weighted by Gasteiger charge is 2.24. The lowest BCUT2D eigenvalue weighted by Crippen LogP contribution is -2.46. The van der Waals surface area contributed by atoms with E-state index in [4.69, 9.17) is 4.74 Å². The number of nitrogens with one attached hydrogen (secondary N) is 1. The lowest BCUT2D eigenvalue weighted by Gasteiger charge is -2.24. The summed E-state index contributed by atoms with van der Waals surface area (Å²) >= 11 is 0. The number of allylic oxidation sites excluding steroid dienone is 10. The van der Waals surface area contributed by atoms with Crippen molar-refractivity contribution in [2.24, 2.45) is 0 Å². The maximum atomic E-state index is 13.2. The van der Waals surface area contributed by atoms with E-state index >= 15 is 0 Å². The van der Waals surface area contributed by atoms with Crippen molar-refractivity contribution in [1.29, 1.82) is 0 Å². The molecule has 0 aromatic carbocycles. The Hall–Kier alpha value is -2.44. The van der Waals surface area contributed by atoms with Crippen molar-refractivity contribution >= 4 is 11.9 Å². The molecule has 0 radical (unpaired) electrons. The molecule has 3 atom stereocenters. The molecule has 0 fully saturated rings. The average Bonchev–Trinajstić information content (AvgIpc) is 3.30. The van der Waals surface area contributed by atoms with Crippen molar-refractivity contribution in [3.63, 3.8) is 0 Å². The second-order valence-corrected chi connectivity index (χ2v) is 19.0. The van der Waals surface area contributed by atoms with E-state index in [-0.39, 0.29) is 24.9 Å². The first kappa shape index (κ1) is 62.6. The fourth-order valence-electron chi connectivity index (χ4n) is 8.36. The molecule has 6 heteroatoms. The van der Waals surface area contributed by atoms with Crippen LogP contribution >= 0.6 is 0 Å². The Bertz CT molecular complexity index is 1160. The van der Waals surface area contributed by atoms with Crippen LogP contribution in [0.4, 0.5) is 0 Å². The number of aliphatic hydroxyl groups excluding tert-OH is 2. The van der Waals surface area contributed by atoms with Crippen LogP contribution in [0.1, 0.15) is 278 Å². The van der Waals surface area contributed by atoms with Crippen LogP contribution < -0.4 is 5.32 Å². The lowest BCUT2D eigenvalue weighted by molar-refractivity contribution is -0.151. The van der Waals surface area contributed by atoms with Gasteiger partial charge in [0.05, 0.1) is 25.2 Å². The van der Waals surface area contributed by atoms with Gasteiger partial charge in [-0.1, -0.05) is 242 Å². The molecule has 65 heavy (non-hydrogen) atoms. The zero-order valence-electron chi connectivity index (χ0n) is 43.1. The fourth-order valence-corrected chi connectivity index (χ4v) is 8.36. The minimum Gasteiger partial charge on any atom is -0.462 e. The van der Waals surface area contributed by atoms with E-state index in [1.165, 1.54) is 154 Å². The van der Waals surface area contributed by atoms with Gasteiger partial charge < -0.3 is 20.3 Å². The molecule has 0 aliphatic heterocycles. The van der Waals surface area contributed by atoms with Crippen LogP contribution in [0.15, 0.2) is 60.8 Å². The lowest BCUT2D eigenvalue weighted by atomic mass is 10.0. The maximum absolute atomic E-state index is 13.2. The third-order valence-corrected chi connectivity index (χ3v) is 12.6. The summed E-state index contributed by atoms with van der Waals surface area (Å²) in [5, 5.41) is 23.8. The van der Waals surface area contributed by atoms with Crippen molar-refractivity contribution in [1.82, 2.24) is 5.32 Å². The van der Waals surface area contributed by atoms with Gasteiger partial charge in [0.15, 0.2) is 0 Å². The topological polar surface area (TPSA) is 95.9 Å². The molecule has 6 nitrogen and oxygen atoms in total. The molecule has 0 saturated heterocycles. The van der Waals surface area contributed by atoms with Gasteiger partial charge >= 0.3 is 5.97 Å². The number of ether oxygens (including phenoxy) is 1. The SMILES string of the molecule is CC/C=C/C/C=C/C/C=C/C/C=C/CCCC(CC(=O)NC(CO)C(O)CCCCCCCCCCCCCCCCCCC)OC(=O)CCCCCCCCC/C=C\CCCCCC. The Kier molecular flexibility index (Phi) is 50.6. The Morgan fingerprint density at radius 2 is 0.846 bits per heavy atom.